The van der Waals surface area contributed by atoms with Crippen LogP contribution in [0.25, 0.3) is 11.0 Å². The standard InChI is InChI=1S/C21H20N4O4/c1-29-15-6-7-17-12(9-15)3-2-8-24(17)20(27)13-10-16-18(22-11-13)25(14-4-5-14)21(28)23-19(16)26/h6-7,9-11,14H,2-5,8H2,1H3,(H,23,26,28). The van der Waals surface area contributed by atoms with Crippen molar-refractivity contribution in [3.05, 3.63) is 62.4 Å². The summed E-state index contributed by atoms with van der Waals surface area (Å²) in [6.45, 7) is 0.591. The summed E-state index contributed by atoms with van der Waals surface area (Å²) in [5, 5.41) is 0.259. The number of ether oxygens (including phenoxy) is 1. The number of carbonyl (C=O) groups is 1. The molecule has 1 aromatic carbocycles. The molecule has 1 N–H and O–H groups in total. The van der Waals surface area contributed by atoms with Crippen molar-refractivity contribution < 1.29 is 9.53 Å². The molecule has 2 aromatic heterocycles. The number of nitrogens with zero attached hydrogens (tertiary/aromatic N) is 3. The molecule has 0 radical (unpaired) electrons. The zero-order valence-electron chi connectivity index (χ0n) is 16.0. The Morgan fingerprint density at radius 1 is 1.24 bits per heavy atom. The van der Waals surface area contributed by atoms with Crippen LogP contribution in [-0.4, -0.2) is 34.1 Å². The first-order valence-corrected chi connectivity index (χ1v) is 9.70. The zero-order valence-corrected chi connectivity index (χ0v) is 16.0. The van der Waals surface area contributed by atoms with Crippen molar-refractivity contribution in [1.82, 2.24) is 14.5 Å². The van der Waals surface area contributed by atoms with Crippen LogP contribution in [0, 0.1) is 0 Å². The van der Waals surface area contributed by atoms with Crippen LogP contribution in [0.3, 0.4) is 0 Å². The van der Waals surface area contributed by atoms with Crippen LogP contribution >= 0.6 is 0 Å². The summed E-state index contributed by atoms with van der Waals surface area (Å²) in [6.07, 6.45) is 4.95. The van der Waals surface area contributed by atoms with Crippen LogP contribution in [0.4, 0.5) is 5.69 Å². The van der Waals surface area contributed by atoms with Crippen molar-refractivity contribution >= 4 is 22.6 Å². The summed E-state index contributed by atoms with van der Waals surface area (Å²) in [5.74, 6) is 0.545. The number of anilines is 1. The van der Waals surface area contributed by atoms with Crippen LogP contribution in [-0.2, 0) is 6.42 Å². The molecule has 5 rings (SSSR count). The van der Waals surface area contributed by atoms with Crippen LogP contribution in [0.2, 0.25) is 0 Å². The maximum absolute atomic E-state index is 13.2. The summed E-state index contributed by atoms with van der Waals surface area (Å²) >= 11 is 0. The van der Waals surface area contributed by atoms with E-state index < -0.39 is 11.2 Å². The van der Waals surface area contributed by atoms with E-state index in [4.69, 9.17) is 4.74 Å². The molecule has 8 heteroatoms. The number of hydrogen-bond acceptors (Lipinski definition) is 5. The zero-order chi connectivity index (χ0) is 20.1. The highest BCUT2D eigenvalue weighted by atomic mass is 16.5. The minimum absolute atomic E-state index is 0.0693. The fourth-order valence-electron chi connectivity index (χ4n) is 3.99. The molecule has 0 spiro atoms. The van der Waals surface area contributed by atoms with E-state index in [1.165, 1.54) is 10.8 Å². The molecule has 8 nitrogen and oxygen atoms in total. The summed E-state index contributed by atoms with van der Waals surface area (Å²) in [7, 11) is 1.62. The third-order valence-electron chi connectivity index (χ3n) is 5.59. The lowest BCUT2D eigenvalue weighted by atomic mass is 10.0. The molecule has 2 aliphatic rings. The van der Waals surface area contributed by atoms with Gasteiger partial charge in [-0.15, -0.1) is 0 Å². The number of aromatic nitrogens is 3. The number of nitrogens with one attached hydrogen (secondary N) is 1. The van der Waals surface area contributed by atoms with Gasteiger partial charge in [-0.25, -0.2) is 9.78 Å². The molecular formula is C21H20N4O4. The van der Waals surface area contributed by atoms with Crippen LogP contribution in [0.5, 0.6) is 5.75 Å². The number of benzene rings is 1. The first-order valence-electron chi connectivity index (χ1n) is 9.70. The molecule has 0 saturated heterocycles. The predicted octanol–water partition coefficient (Wildman–Crippen LogP) is 2.02. The molecule has 29 heavy (non-hydrogen) atoms. The number of fused-ring (bicyclic) bond motifs is 2. The molecule has 1 aliphatic carbocycles. The molecule has 0 unspecified atom stereocenters. The number of amides is 1. The van der Waals surface area contributed by atoms with Gasteiger partial charge in [0.1, 0.15) is 11.4 Å². The van der Waals surface area contributed by atoms with E-state index in [2.05, 4.69) is 9.97 Å². The van der Waals surface area contributed by atoms with Crippen LogP contribution < -0.4 is 20.9 Å². The molecule has 3 heterocycles. The van der Waals surface area contributed by atoms with Gasteiger partial charge < -0.3 is 9.64 Å². The largest absolute Gasteiger partial charge is 0.497 e. The van der Waals surface area contributed by atoms with Gasteiger partial charge >= 0.3 is 5.69 Å². The van der Waals surface area contributed by atoms with Crippen molar-refractivity contribution in [2.45, 2.75) is 31.7 Å². The number of pyridine rings is 1. The van der Waals surface area contributed by atoms with E-state index in [1.807, 2.05) is 18.2 Å². The lowest BCUT2D eigenvalue weighted by molar-refractivity contribution is 0.0985. The summed E-state index contributed by atoms with van der Waals surface area (Å²) in [6, 6.07) is 7.28. The van der Waals surface area contributed by atoms with Crippen molar-refractivity contribution in [3.63, 3.8) is 0 Å². The van der Waals surface area contributed by atoms with E-state index in [1.54, 1.807) is 18.1 Å². The number of aryl methyl sites for hydroxylation is 1. The van der Waals surface area contributed by atoms with E-state index in [0.29, 0.717) is 17.8 Å². The second-order valence-electron chi connectivity index (χ2n) is 7.51. The lowest BCUT2D eigenvalue weighted by Crippen LogP contribution is -2.36. The smallest absolute Gasteiger partial charge is 0.330 e. The molecule has 3 aromatic rings. The predicted molar refractivity (Wildman–Crippen MR) is 108 cm³/mol. The average Bonchev–Trinajstić information content (AvgIpc) is 3.57. The van der Waals surface area contributed by atoms with Crippen LogP contribution in [0.1, 0.15) is 41.2 Å². The van der Waals surface area contributed by atoms with Crippen molar-refractivity contribution in [1.29, 1.82) is 0 Å². The van der Waals surface area contributed by atoms with Gasteiger partial charge in [0.15, 0.2) is 0 Å². The maximum Gasteiger partial charge on any atom is 0.330 e. The highest BCUT2D eigenvalue weighted by Gasteiger charge is 2.29. The molecule has 148 valence electrons. The number of H-pyrrole nitrogens is 1. The van der Waals surface area contributed by atoms with Gasteiger partial charge in [-0.3, -0.25) is 19.1 Å². The van der Waals surface area contributed by atoms with Crippen molar-refractivity contribution in [2.24, 2.45) is 0 Å². The fraction of sp³-hybridized carbons (Fsp3) is 0.333. The van der Waals surface area contributed by atoms with Gasteiger partial charge in [0.05, 0.1) is 18.1 Å². The topological polar surface area (TPSA) is 97.3 Å². The molecule has 1 fully saturated rings. The summed E-state index contributed by atoms with van der Waals surface area (Å²) < 4.78 is 6.81. The van der Waals surface area contributed by atoms with Crippen molar-refractivity contribution in [3.8, 4) is 5.75 Å². The Morgan fingerprint density at radius 2 is 2.07 bits per heavy atom. The lowest BCUT2D eigenvalue weighted by Gasteiger charge is -2.29. The maximum atomic E-state index is 13.2. The van der Waals surface area contributed by atoms with Gasteiger partial charge in [-0.2, -0.15) is 0 Å². The van der Waals surface area contributed by atoms with Crippen LogP contribution in [0.15, 0.2) is 40.1 Å². The third kappa shape index (κ3) is 2.91. The Kier molecular flexibility index (Phi) is 4.01. The second kappa shape index (κ2) is 6.58. The molecule has 1 aliphatic heterocycles. The minimum atomic E-state index is -0.521. The molecular weight excluding hydrogens is 372 g/mol. The minimum Gasteiger partial charge on any atom is -0.497 e. The number of rotatable bonds is 3. The molecule has 1 amide bonds. The monoisotopic (exact) mass is 392 g/mol. The Bertz CT molecular complexity index is 1260. The average molecular weight is 392 g/mol. The van der Waals surface area contributed by atoms with E-state index in [0.717, 1.165) is 42.7 Å². The van der Waals surface area contributed by atoms with Gasteiger partial charge in [0.2, 0.25) is 0 Å². The molecule has 1 saturated carbocycles. The van der Waals surface area contributed by atoms with E-state index in [9.17, 15) is 14.4 Å². The fourth-order valence-corrected chi connectivity index (χ4v) is 3.99. The first kappa shape index (κ1) is 17.7. The number of methoxy groups -OCH3 is 1. The Balaban J connectivity index is 1.58. The number of hydrogen-bond donors (Lipinski definition) is 1. The number of carbonyl (C=O) groups excluding carboxylic acids is 1. The van der Waals surface area contributed by atoms with Gasteiger partial charge in [-0.05, 0) is 55.5 Å². The van der Waals surface area contributed by atoms with Crippen molar-refractivity contribution in [2.75, 3.05) is 18.6 Å². The Hall–Kier alpha value is -3.42. The van der Waals surface area contributed by atoms with Gasteiger partial charge in [0, 0.05) is 24.5 Å². The molecule has 0 atom stereocenters. The quantitative estimate of drug-likeness (QED) is 0.736. The van der Waals surface area contributed by atoms with Gasteiger partial charge in [-0.1, -0.05) is 0 Å². The first-order chi connectivity index (χ1) is 14.1. The highest BCUT2D eigenvalue weighted by molar-refractivity contribution is 6.07. The Labute approximate surface area is 165 Å². The SMILES string of the molecule is COc1ccc2c(c1)CCCN2C(=O)c1cnc2c(c1)c(=O)[nH]c(=O)n2C1CC1. The Morgan fingerprint density at radius 3 is 2.83 bits per heavy atom. The van der Waals surface area contributed by atoms with E-state index >= 15 is 0 Å². The molecule has 0 bridgehead atoms. The van der Waals surface area contributed by atoms with Gasteiger partial charge in [0.25, 0.3) is 11.5 Å². The number of aromatic amines is 1. The summed E-state index contributed by atoms with van der Waals surface area (Å²) in [4.78, 5) is 46.2. The second-order valence-corrected chi connectivity index (χ2v) is 7.51. The third-order valence-corrected chi connectivity index (χ3v) is 5.59. The normalized spacial score (nSPS) is 16.0. The summed E-state index contributed by atoms with van der Waals surface area (Å²) in [5.41, 5.74) is 1.59. The highest BCUT2D eigenvalue weighted by Crippen LogP contribution is 2.35. The van der Waals surface area contributed by atoms with E-state index in [-0.39, 0.29) is 17.3 Å².